The lowest BCUT2D eigenvalue weighted by Gasteiger charge is -2.32. The van der Waals surface area contributed by atoms with Crippen molar-refractivity contribution in [3.05, 3.63) is 168 Å². The molecule has 57 heavy (non-hydrogen) atoms. The van der Waals surface area contributed by atoms with E-state index in [4.69, 9.17) is 4.98 Å². The average molecular weight is 730 g/mol. The Kier molecular flexibility index (Phi) is 6.55. The number of hydrogen-bond donors (Lipinski definition) is 0. The molecule has 0 spiro atoms. The van der Waals surface area contributed by atoms with E-state index in [1.165, 1.54) is 104 Å². The largest absolute Gasteiger partial charge is 0.280 e. The van der Waals surface area contributed by atoms with Crippen LogP contribution in [0.15, 0.2) is 152 Å². The van der Waals surface area contributed by atoms with E-state index in [0.29, 0.717) is 0 Å². The molecule has 0 bridgehead atoms. The molecular weight excluding hydrogens is 689 g/mol. The monoisotopic (exact) mass is 729 g/mol. The molecule has 1 aliphatic rings. The first-order valence-corrected chi connectivity index (χ1v) is 20.2. The van der Waals surface area contributed by atoms with Crippen LogP contribution in [-0.2, 0) is 5.41 Å². The minimum atomic E-state index is -0.0663. The van der Waals surface area contributed by atoms with Crippen molar-refractivity contribution in [1.29, 1.82) is 0 Å². The summed E-state index contributed by atoms with van der Waals surface area (Å²) in [4.78, 5) is 5.77. The summed E-state index contributed by atoms with van der Waals surface area (Å²) >= 11 is 0. The molecule has 0 saturated heterocycles. The molecular formula is C53H40BN3. The van der Waals surface area contributed by atoms with Crippen LogP contribution in [0, 0.1) is 13.8 Å². The number of aryl methyl sites for hydroxylation is 2. The van der Waals surface area contributed by atoms with E-state index in [1.807, 2.05) is 0 Å². The molecule has 0 saturated carbocycles. The van der Waals surface area contributed by atoms with Gasteiger partial charge in [-0.05, 0) is 103 Å². The summed E-state index contributed by atoms with van der Waals surface area (Å²) in [6.07, 6.45) is 0. The van der Waals surface area contributed by atoms with Gasteiger partial charge < -0.3 is 0 Å². The van der Waals surface area contributed by atoms with E-state index < -0.39 is 0 Å². The maximum absolute atomic E-state index is 5.77. The number of imidazole rings is 1. The Hall–Kier alpha value is -6.65. The number of hydrogen-bond acceptors (Lipinski definition) is 1. The van der Waals surface area contributed by atoms with E-state index in [9.17, 15) is 0 Å². The Labute approximate surface area is 331 Å². The molecule has 4 heteroatoms. The highest BCUT2D eigenvalue weighted by Crippen LogP contribution is 2.42. The second kappa shape index (κ2) is 11.5. The topological polar surface area (TPSA) is 22.2 Å². The first kappa shape index (κ1) is 32.6. The quantitative estimate of drug-likeness (QED) is 0.162. The average Bonchev–Trinajstić information content (AvgIpc) is 3.62. The molecule has 0 fully saturated rings. The fourth-order valence-corrected chi connectivity index (χ4v) is 10.5. The molecule has 0 atom stereocenters. The smallest absolute Gasteiger partial charge is 0.247 e. The summed E-state index contributed by atoms with van der Waals surface area (Å²) in [6.45, 7) is 11.4. The normalized spacial score (nSPS) is 13.0. The molecule has 270 valence electrons. The van der Waals surface area contributed by atoms with Gasteiger partial charge in [0.2, 0.25) is 12.5 Å². The molecule has 0 N–H and O–H groups in total. The number of benzene rings is 9. The highest BCUT2D eigenvalue weighted by atomic mass is 15.2. The Morgan fingerprint density at radius 1 is 0.526 bits per heavy atom. The van der Waals surface area contributed by atoms with Crippen LogP contribution in [-0.4, -0.2) is 20.7 Å². The summed E-state index contributed by atoms with van der Waals surface area (Å²) in [5.74, 6) is 0.940. The minimum Gasteiger partial charge on any atom is -0.280 e. The molecule has 0 amide bonds. The SMILES string of the molecule is Cc1cccc(C)c1-c1cc2ccc3c4c2c(c1)n1c2c(cc(C(C)(C)C)c5ccccc52)nc1n4-c1c(ccc2ccccc12)B3c1cccc2ccccc12. The lowest BCUT2D eigenvalue weighted by Crippen LogP contribution is -2.56. The maximum Gasteiger partial charge on any atom is 0.247 e. The molecule has 12 rings (SSSR count). The highest BCUT2D eigenvalue weighted by molar-refractivity contribution is 6.99. The van der Waals surface area contributed by atoms with E-state index in [0.717, 1.165) is 16.8 Å². The third-order valence-electron chi connectivity index (χ3n) is 12.9. The van der Waals surface area contributed by atoms with Crippen molar-refractivity contribution < 1.29 is 0 Å². The van der Waals surface area contributed by atoms with Gasteiger partial charge in [-0.25, -0.2) is 4.98 Å². The van der Waals surface area contributed by atoms with E-state index >= 15 is 0 Å². The second-order valence-corrected chi connectivity index (χ2v) is 17.3. The van der Waals surface area contributed by atoms with Crippen LogP contribution in [0.5, 0.6) is 0 Å². The third kappa shape index (κ3) is 4.41. The van der Waals surface area contributed by atoms with Gasteiger partial charge in [0.05, 0.1) is 27.8 Å². The molecule has 9 aromatic carbocycles. The van der Waals surface area contributed by atoms with Crippen molar-refractivity contribution in [3.63, 3.8) is 0 Å². The molecule has 2 aromatic heterocycles. The predicted molar refractivity (Wildman–Crippen MR) is 244 cm³/mol. The van der Waals surface area contributed by atoms with Crippen molar-refractivity contribution in [3.8, 4) is 16.8 Å². The lowest BCUT2D eigenvalue weighted by molar-refractivity contribution is 0.596. The van der Waals surface area contributed by atoms with Crippen LogP contribution in [0.1, 0.15) is 37.5 Å². The summed E-state index contributed by atoms with van der Waals surface area (Å²) < 4.78 is 5.04. The van der Waals surface area contributed by atoms with Gasteiger partial charge in [0.15, 0.2) is 0 Å². The zero-order valence-corrected chi connectivity index (χ0v) is 32.9. The molecule has 1 aliphatic heterocycles. The fraction of sp³-hybridized carbons (Fsp3) is 0.113. The molecule has 11 aromatic rings. The Balaban J connectivity index is 1.36. The van der Waals surface area contributed by atoms with E-state index in [-0.39, 0.29) is 12.1 Å². The van der Waals surface area contributed by atoms with E-state index in [2.05, 4.69) is 195 Å². The molecule has 3 nitrogen and oxygen atoms in total. The number of aromatic nitrogens is 3. The maximum atomic E-state index is 5.77. The van der Waals surface area contributed by atoms with Gasteiger partial charge in [0.25, 0.3) is 0 Å². The van der Waals surface area contributed by atoms with Crippen LogP contribution in [0.25, 0.3) is 87.7 Å². The Bertz CT molecular complexity index is 3510. The molecule has 0 radical (unpaired) electrons. The fourth-order valence-electron chi connectivity index (χ4n) is 10.5. The van der Waals surface area contributed by atoms with Gasteiger partial charge in [-0.2, -0.15) is 0 Å². The first-order chi connectivity index (χ1) is 27.8. The zero-order chi connectivity index (χ0) is 38.3. The Morgan fingerprint density at radius 2 is 1.16 bits per heavy atom. The van der Waals surface area contributed by atoms with Gasteiger partial charge in [-0.3, -0.25) is 8.97 Å². The first-order valence-electron chi connectivity index (χ1n) is 20.2. The van der Waals surface area contributed by atoms with Crippen LogP contribution in [0.2, 0.25) is 0 Å². The summed E-state index contributed by atoms with van der Waals surface area (Å²) in [5.41, 5.74) is 16.1. The van der Waals surface area contributed by atoms with Crippen molar-refractivity contribution in [2.75, 3.05) is 0 Å². The second-order valence-electron chi connectivity index (χ2n) is 17.3. The van der Waals surface area contributed by atoms with Gasteiger partial charge in [-0.15, -0.1) is 0 Å². The van der Waals surface area contributed by atoms with Crippen LogP contribution in [0.4, 0.5) is 0 Å². The van der Waals surface area contributed by atoms with Gasteiger partial charge >= 0.3 is 0 Å². The van der Waals surface area contributed by atoms with E-state index in [1.54, 1.807) is 0 Å². The molecule has 0 aliphatic carbocycles. The summed E-state index contributed by atoms with van der Waals surface area (Å²) in [7, 11) is 0. The predicted octanol–water partition coefficient (Wildman–Crippen LogP) is 11.5. The molecule has 0 unspecified atom stereocenters. The number of nitrogens with zero attached hydrogens (tertiary/aromatic N) is 3. The van der Waals surface area contributed by atoms with Gasteiger partial charge in [-0.1, -0.05) is 160 Å². The standard InChI is InChI=1S/C53H40BN3/c1-31-14-12-15-32(2)47(31)36-28-35-25-27-44-51-48(35)46(29-36)56-50-40-22-11-10-21-39(40)41(53(3,4)5)30-45(50)55-52(56)57(51)49-38-20-9-7-17-34(38)24-26-43(49)54(44)42-23-13-18-33-16-6-8-19-37(33)42/h6-30H,1-5H3. The van der Waals surface area contributed by atoms with Crippen molar-refractivity contribution in [2.24, 2.45) is 0 Å². The number of fused-ring (bicyclic) bond motifs is 12. The molecule has 3 heterocycles. The highest BCUT2D eigenvalue weighted by Gasteiger charge is 2.36. The van der Waals surface area contributed by atoms with Crippen molar-refractivity contribution >= 4 is 94.0 Å². The summed E-state index contributed by atoms with van der Waals surface area (Å²) in [6, 6.07) is 57.0. The number of rotatable bonds is 2. The third-order valence-corrected chi connectivity index (χ3v) is 12.9. The Morgan fingerprint density at radius 3 is 1.93 bits per heavy atom. The van der Waals surface area contributed by atoms with Crippen molar-refractivity contribution in [1.82, 2.24) is 14.0 Å². The van der Waals surface area contributed by atoms with Crippen LogP contribution < -0.4 is 16.4 Å². The van der Waals surface area contributed by atoms with Crippen LogP contribution in [0.3, 0.4) is 0 Å². The van der Waals surface area contributed by atoms with Crippen LogP contribution >= 0.6 is 0 Å². The van der Waals surface area contributed by atoms with Gasteiger partial charge in [0.1, 0.15) is 0 Å². The van der Waals surface area contributed by atoms with Crippen molar-refractivity contribution in [2.45, 2.75) is 40.0 Å². The summed E-state index contributed by atoms with van der Waals surface area (Å²) in [5, 5.41) is 10.0. The zero-order valence-electron chi connectivity index (χ0n) is 32.9. The minimum absolute atomic E-state index is 0.0155. The lowest BCUT2D eigenvalue weighted by atomic mass is 9.34. The van der Waals surface area contributed by atoms with Gasteiger partial charge in [0, 0.05) is 16.2 Å².